The van der Waals surface area contributed by atoms with Crippen molar-refractivity contribution in [2.45, 2.75) is 13.5 Å². The first-order valence-electron chi connectivity index (χ1n) is 5.53. The Kier molecular flexibility index (Phi) is 4.15. The van der Waals surface area contributed by atoms with Crippen LogP contribution in [-0.4, -0.2) is 5.11 Å². The molecule has 0 fully saturated rings. The van der Waals surface area contributed by atoms with Crippen molar-refractivity contribution >= 4 is 33.2 Å². The van der Waals surface area contributed by atoms with E-state index in [2.05, 4.69) is 46.4 Å². The molecule has 0 atom stereocenters. The Hall–Kier alpha value is -1.19. The zero-order valence-corrected chi connectivity index (χ0v) is 12.2. The van der Waals surface area contributed by atoms with Crippen LogP contribution in [0.15, 0.2) is 40.9 Å². The first kappa shape index (κ1) is 13.2. The fourth-order valence-electron chi connectivity index (χ4n) is 1.61. The van der Waals surface area contributed by atoms with Gasteiger partial charge in [-0.1, -0.05) is 39.7 Å². The van der Waals surface area contributed by atoms with Gasteiger partial charge in [-0.05, 0) is 42.3 Å². The van der Waals surface area contributed by atoms with E-state index in [4.69, 9.17) is 11.6 Å². The van der Waals surface area contributed by atoms with Crippen molar-refractivity contribution in [2.24, 2.45) is 0 Å². The Morgan fingerprint density at radius 3 is 2.67 bits per heavy atom. The van der Waals surface area contributed by atoms with E-state index in [-0.39, 0.29) is 5.75 Å². The molecule has 0 bridgehead atoms. The lowest BCUT2D eigenvalue weighted by atomic mass is 10.1. The lowest BCUT2D eigenvalue weighted by Gasteiger charge is -2.09. The molecule has 94 valence electrons. The van der Waals surface area contributed by atoms with Gasteiger partial charge in [0.25, 0.3) is 0 Å². The Labute approximate surface area is 120 Å². The zero-order chi connectivity index (χ0) is 13.1. The van der Waals surface area contributed by atoms with Gasteiger partial charge in [0.05, 0.1) is 5.02 Å². The van der Waals surface area contributed by atoms with Crippen LogP contribution in [0, 0.1) is 6.92 Å². The largest absolute Gasteiger partial charge is 0.506 e. The molecule has 2 nitrogen and oxygen atoms in total. The molecule has 0 aliphatic rings. The predicted molar refractivity (Wildman–Crippen MR) is 79.3 cm³/mol. The van der Waals surface area contributed by atoms with Crippen molar-refractivity contribution in [2.75, 3.05) is 5.32 Å². The van der Waals surface area contributed by atoms with Gasteiger partial charge >= 0.3 is 0 Å². The van der Waals surface area contributed by atoms with E-state index in [1.807, 2.05) is 0 Å². The van der Waals surface area contributed by atoms with E-state index >= 15 is 0 Å². The van der Waals surface area contributed by atoms with Crippen molar-refractivity contribution in [1.82, 2.24) is 0 Å². The molecule has 2 aromatic carbocycles. The first-order chi connectivity index (χ1) is 8.56. The summed E-state index contributed by atoms with van der Waals surface area (Å²) in [7, 11) is 0. The minimum absolute atomic E-state index is 0.0960. The van der Waals surface area contributed by atoms with Crippen LogP contribution in [0.1, 0.15) is 11.1 Å². The lowest BCUT2D eigenvalue weighted by molar-refractivity contribution is 0.475. The summed E-state index contributed by atoms with van der Waals surface area (Å²) in [5.74, 6) is 0.0960. The van der Waals surface area contributed by atoms with E-state index in [1.165, 1.54) is 11.1 Å². The normalized spacial score (nSPS) is 10.4. The molecule has 2 rings (SSSR count). The Morgan fingerprint density at radius 1 is 1.22 bits per heavy atom. The minimum Gasteiger partial charge on any atom is -0.506 e. The Morgan fingerprint density at radius 2 is 2.00 bits per heavy atom. The van der Waals surface area contributed by atoms with E-state index in [9.17, 15) is 5.11 Å². The average molecular weight is 327 g/mol. The number of nitrogens with one attached hydrogen (secondary N) is 1. The van der Waals surface area contributed by atoms with Crippen LogP contribution in [-0.2, 0) is 6.54 Å². The van der Waals surface area contributed by atoms with Crippen molar-refractivity contribution in [3.05, 3.63) is 57.0 Å². The van der Waals surface area contributed by atoms with Crippen LogP contribution in [0.4, 0.5) is 5.69 Å². The van der Waals surface area contributed by atoms with E-state index in [0.717, 1.165) is 10.2 Å². The third-order valence-corrected chi connectivity index (χ3v) is 3.68. The maximum Gasteiger partial charge on any atom is 0.134 e. The lowest BCUT2D eigenvalue weighted by Crippen LogP contribution is -2.00. The zero-order valence-electron chi connectivity index (χ0n) is 9.87. The fourth-order valence-corrected chi connectivity index (χ4v) is 2.42. The summed E-state index contributed by atoms with van der Waals surface area (Å²) >= 11 is 9.39. The van der Waals surface area contributed by atoms with Gasteiger partial charge in [0.1, 0.15) is 5.75 Å². The number of hydrogen-bond donors (Lipinski definition) is 2. The summed E-state index contributed by atoms with van der Waals surface area (Å²) in [6.07, 6.45) is 0. The van der Waals surface area contributed by atoms with Crippen LogP contribution in [0.5, 0.6) is 5.75 Å². The molecule has 0 amide bonds. The predicted octanol–water partition coefficient (Wildman–Crippen LogP) is 4.73. The molecule has 0 spiro atoms. The molecule has 0 unspecified atom stereocenters. The molecule has 18 heavy (non-hydrogen) atoms. The average Bonchev–Trinajstić information content (AvgIpc) is 2.32. The summed E-state index contributed by atoms with van der Waals surface area (Å²) in [6.45, 7) is 2.75. The van der Waals surface area contributed by atoms with Gasteiger partial charge in [0.2, 0.25) is 0 Å². The van der Waals surface area contributed by atoms with Crippen LogP contribution in [0.25, 0.3) is 0 Å². The number of phenolic OH excluding ortho intramolecular Hbond substituents is 1. The van der Waals surface area contributed by atoms with Crippen LogP contribution in [0.2, 0.25) is 5.02 Å². The van der Waals surface area contributed by atoms with Gasteiger partial charge in [-0.15, -0.1) is 0 Å². The van der Waals surface area contributed by atoms with E-state index in [0.29, 0.717) is 11.6 Å². The third kappa shape index (κ3) is 3.18. The fraction of sp³-hybridized carbons (Fsp3) is 0.143. The molecular formula is C14H13BrClNO. The quantitative estimate of drug-likeness (QED) is 0.799. The third-order valence-electron chi connectivity index (χ3n) is 2.64. The highest BCUT2D eigenvalue weighted by Crippen LogP contribution is 2.27. The molecule has 0 aliphatic heterocycles. The number of aromatic hydroxyl groups is 1. The van der Waals surface area contributed by atoms with Crippen LogP contribution >= 0.6 is 27.5 Å². The number of rotatable bonds is 3. The van der Waals surface area contributed by atoms with Gasteiger partial charge in [-0.2, -0.15) is 0 Å². The maximum atomic E-state index is 9.34. The number of halogens is 2. The van der Waals surface area contributed by atoms with Crippen LogP contribution in [0.3, 0.4) is 0 Å². The number of hydrogen-bond acceptors (Lipinski definition) is 2. The van der Waals surface area contributed by atoms with Crippen molar-refractivity contribution in [3.8, 4) is 5.75 Å². The van der Waals surface area contributed by atoms with Gasteiger partial charge in [-0.25, -0.2) is 0 Å². The summed E-state index contributed by atoms with van der Waals surface area (Å²) in [5.41, 5.74) is 3.27. The summed E-state index contributed by atoms with van der Waals surface area (Å²) in [6, 6.07) is 11.3. The highest BCUT2D eigenvalue weighted by molar-refractivity contribution is 9.10. The number of aryl methyl sites for hydroxylation is 1. The molecule has 0 saturated heterocycles. The highest BCUT2D eigenvalue weighted by Gasteiger charge is 2.02. The summed E-state index contributed by atoms with van der Waals surface area (Å²) < 4.78 is 1.08. The monoisotopic (exact) mass is 325 g/mol. The smallest absolute Gasteiger partial charge is 0.134 e. The Balaban J connectivity index is 2.09. The second kappa shape index (κ2) is 5.63. The molecule has 2 N–H and O–H groups in total. The molecule has 2 aromatic rings. The highest BCUT2D eigenvalue weighted by atomic mass is 79.9. The summed E-state index contributed by atoms with van der Waals surface area (Å²) in [4.78, 5) is 0. The molecule has 0 heterocycles. The minimum atomic E-state index is 0.0960. The first-order valence-corrected chi connectivity index (χ1v) is 6.71. The molecule has 0 aliphatic carbocycles. The van der Waals surface area contributed by atoms with Crippen molar-refractivity contribution < 1.29 is 5.11 Å². The number of anilines is 1. The summed E-state index contributed by atoms with van der Waals surface area (Å²) in [5, 5.41) is 13.0. The second-order valence-corrected chi connectivity index (χ2v) is 5.38. The number of phenols is 1. The number of benzene rings is 2. The molecule has 0 saturated carbocycles. The van der Waals surface area contributed by atoms with Gasteiger partial charge in [0.15, 0.2) is 0 Å². The molecule has 0 aromatic heterocycles. The Bertz CT molecular complexity index is 572. The van der Waals surface area contributed by atoms with Crippen molar-refractivity contribution in [1.29, 1.82) is 0 Å². The van der Waals surface area contributed by atoms with Gasteiger partial charge in [-0.3, -0.25) is 0 Å². The molecular weight excluding hydrogens is 314 g/mol. The second-order valence-electron chi connectivity index (χ2n) is 4.11. The van der Waals surface area contributed by atoms with Gasteiger partial charge in [0, 0.05) is 16.7 Å². The van der Waals surface area contributed by atoms with Crippen LogP contribution < -0.4 is 5.32 Å². The SMILES string of the molecule is Cc1ccc(CNc2ccc(O)c(Cl)c2)c(Br)c1. The molecule has 4 heteroatoms. The van der Waals surface area contributed by atoms with Gasteiger partial charge < -0.3 is 10.4 Å². The van der Waals surface area contributed by atoms with E-state index in [1.54, 1.807) is 18.2 Å². The molecule has 0 radical (unpaired) electrons. The van der Waals surface area contributed by atoms with Crippen molar-refractivity contribution in [3.63, 3.8) is 0 Å². The topological polar surface area (TPSA) is 32.3 Å². The maximum absolute atomic E-state index is 9.34. The van der Waals surface area contributed by atoms with E-state index < -0.39 is 0 Å². The standard InChI is InChI=1S/C14H13BrClNO/c1-9-2-3-10(12(15)6-9)8-17-11-4-5-14(18)13(16)7-11/h2-7,17-18H,8H2,1H3.